The summed E-state index contributed by atoms with van der Waals surface area (Å²) >= 11 is 0. The standard InChI is InChI=1S/C20H21N5O5/c1-11(26)23-16-7-14(8-17(9-16)24-12(2)27)20(30)25-15-5-3-13(4-6-15)19(29)22-10-18(21)28/h3-9H,10H2,1-2H3,(H2,21,28)(H,22,29)(H,23,26)(H,24,27)(H,25,30). The molecular weight excluding hydrogens is 390 g/mol. The van der Waals surface area contributed by atoms with Gasteiger partial charge in [-0.25, -0.2) is 0 Å². The van der Waals surface area contributed by atoms with E-state index in [1.165, 1.54) is 56.3 Å². The lowest BCUT2D eigenvalue weighted by molar-refractivity contribution is -0.117. The second-order valence-electron chi connectivity index (χ2n) is 6.34. The molecule has 0 atom stereocenters. The smallest absolute Gasteiger partial charge is 0.255 e. The van der Waals surface area contributed by atoms with E-state index in [-0.39, 0.29) is 29.5 Å². The number of anilines is 3. The molecule has 2 rings (SSSR count). The molecule has 0 aromatic heterocycles. The highest BCUT2D eigenvalue weighted by Gasteiger charge is 2.12. The maximum atomic E-state index is 12.6. The van der Waals surface area contributed by atoms with Gasteiger partial charge in [0.25, 0.3) is 11.8 Å². The molecule has 0 heterocycles. The van der Waals surface area contributed by atoms with Crippen molar-refractivity contribution in [3.8, 4) is 0 Å². The van der Waals surface area contributed by atoms with Gasteiger partial charge in [-0.15, -0.1) is 0 Å². The number of hydrogen-bond donors (Lipinski definition) is 5. The van der Waals surface area contributed by atoms with E-state index in [0.29, 0.717) is 17.1 Å². The summed E-state index contributed by atoms with van der Waals surface area (Å²) in [5, 5.41) is 10.2. The molecule has 156 valence electrons. The van der Waals surface area contributed by atoms with Crippen molar-refractivity contribution in [3.05, 3.63) is 53.6 Å². The lowest BCUT2D eigenvalue weighted by atomic mass is 10.1. The number of carbonyl (C=O) groups excluding carboxylic acids is 5. The number of nitrogens with one attached hydrogen (secondary N) is 4. The Bertz CT molecular complexity index is 967. The van der Waals surface area contributed by atoms with Crippen LogP contribution in [0.2, 0.25) is 0 Å². The molecule has 5 amide bonds. The zero-order valence-corrected chi connectivity index (χ0v) is 16.4. The third-order valence-corrected chi connectivity index (χ3v) is 3.66. The number of rotatable bonds is 7. The van der Waals surface area contributed by atoms with E-state index in [4.69, 9.17) is 5.73 Å². The third kappa shape index (κ3) is 6.75. The van der Waals surface area contributed by atoms with E-state index in [1.54, 1.807) is 0 Å². The summed E-state index contributed by atoms with van der Waals surface area (Å²) in [4.78, 5) is 57.9. The topological polar surface area (TPSA) is 159 Å². The van der Waals surface area contributed by atoms with Crippen LogP contribution in [0.3, 0.4) is 0 Å². The van der Waals surface area contributed by atoms with E-state index < -0.39 is 17.7 Å². The van der Waals surface area contributed by atoms with Crippen LogP contribution in [0.5, 0.6) is 0 Å². The van der Waals surface area contributed by atoms with Gasteiger partial charge >= 0.3 is 0 Å². The fraction of sp³-hybridized carbons (Fsp3) is 0.150. The molecule has 0 saturated heterocycles. The Labute approximate surface area is 172 Å². The summed E-state index contributed by atoms with van der Waals surface area (Å²) in [6.45, 7) is 2.37. The lowest BCUT2D eigenvalue weighted by Crippen LogP contribution is -2.33. The Balaban J connectivity index is 2.16. The van der Waals surface area contributed by atoms with Gasteiger partial charge in [0.1, 0.15) is 0 Å². The van der Waals surface area contributed by atoms with Crippen LogP contribution < -0.4 is 27.0 Å². The lowest BCUT2D eigenvalue weighted by Gasteiger charge is -2.11. The maximum absolute atomic E-state index is 12.6. The van der Waals surface area contributed by atoms with Crippen molar-refractivity contribution in [1.29, 1.82) is 0 Å². The average molecular weight is 411 g/mol. The first kappa shape index (κ1) is 22.1. The van der Waals surface area contributed by atoms with E-state index in [1.807, 2.05) is 0 Å². The first-order valence-corrected chi connectivity index (χ1v) is 8.82. The van der Waals surface area contributed by atoms with Crippen molar-refractivity contribution >= 4 is 46.6 Å². The van der Waals surface area contributed by atoms with Crippen molar-refractivity contribution in [3.63, 3.8) is 0 Å². The quantitative estimate of drug-likeness (QED) is 0.460. The zero-order valence-electron chi connectivity index (χ0n) is 16.4. The Morgan fingerprint density at radius 3 is 1.70 bits per heavy atom. The molecule has 0 spiro atoms. The first-order chi connectivity index (χ1) is 14.1. The predicted molar refractivity (Wildman–Crippen MR) is 111 cm³/mol. The minimum Gasteiger partial charge on any atom is -0.368 e. The molecular formula is C20H21N5O5. The number of hydrogen-bond acceptors (Lipinski definition) is 5. The van der Waals surface area contributed by atoms with Crippen LogP contribution in [-0.2, 0) is 14.4 Å². The molecule has 6 N–H and O–H groups in total. The molecule has 0 aliphatic rings. The van der Waals surface area contributed by atoms with Crippen LogP contribution in [0.1, 0.15) is 34.6 Å². The molecule has 2 aromatic carbocycles. The van der Waals surface area contributed by atoms with E-state index in [9.17, 15) is 24.0 Å². The van der Waals surface area contributed by atoms with Gasteiger partial charge in [-0.05, 0) is 42.5 Å². The minimum atomic E-state index is -0.660. The summed E-state index contributed by atoms with van der Waals surface area (Å²) in [6, 6.07) is 10.4. The second kappa shape index (κ2) is 9.82. The Kier molecular flexibility index (Phi) is 7.23. The molecule has 0 radical (unpaired) electrons. The fourth-order valence-electron chi connectivity index (χ4n) is 2.49. The Morgan fingerprint density at radius 2 is 1.23 bits per heavy atom. The van der Waals surface area contributed by atoms with Crippen molar-refractivity contribution in [1.82, 2.24) is 5.32 Å². The van der Waals surface area contributed by atoms with Crippen molar-refractivity contribution in [2.24, 2.45) is 5.73 Å². The number of nitrogens with two attached hydrogens (primary N) is 1. The van der Waals surface area contributed by atoms with Gasteiger partial charge < -0.3 is 27.0 Å². The molecule has 2 aromatic rings. The van der Waals surface area contributed by atoms with Gasteiger partial charge in [-0.1, -0.05) is 0 Å². The van der Waals surface area contributed by atoms with Crippen LogP contribution in [0.25, 0.3) is 0 Å². The summed E-state index contributed by atoms with van der Waals surface area (Å²) in [7, 11) is 0. The predicted octanol–water partition coefficient (Wildman–Crippen LogP) is 1.07. The molecule has 0 aliphatic heterocycles. The van der Waals surface area contributed by atoms with Crippen LogP contribution in [0, 0.1) is 0 Å². The summed E-state index contributed by atoms with van der Waals surface area (Å²) < 4.78 is 0. The van der Waals surface area contributed by atoms with Gasteiger partial charge in [0.2, 0.25) is 17.7 Å². The highest BCUT2D eigenvalue weighted by atomic mass is 16.2. The van der Waals surface area contributed by atoms with E-state index >= 15 is 0 Å². The van der Waals surface area contributed by atoms with Gasteiger partial charge in [0.15, 0.2) is 0 Å². The van der Waals surface area contributed by atoms with Gasteiger partial charge in [-0.2, -0.15) is 0 Å². The number of primary amides is 1. The number of carbonyl (C=O) groups is 5. The summed E-state index contributed by atoms with van der Waals surface area (Å²) in [5.41, 5.74) is 6.58. The van der Waals surface area contributed by atoms with Crippen molar-refractivity contribution in [2.75, 3.05) is 22.5 Å². The normalized spacial score (nSPS) is 9.93. The van der Waals surface area contributed by atoms with Gasteiger partial charge in [-0.3, -0.25) is 24.0 Å². The molecule has 10 heteroatoms. The highest BCUT2D eigenvalue weighted by molar-refractivity contribution is 6.07. The minimum absolute atomic E-state index is 0.202. The van der Waals surface area contributed by atoms with Crippen molar-refractivity contribution in [2.45, 2.75) is 13.8 Å². The number of benzene rings is 2. The summed E-state index contributed by atoms with van der Waals surface area (Å²) in [5.74, 6) is -2.28. The Hall–Kier alpha value is -4.21. The average Bonchev–Trinajstić information content (AvgIpc) is 2.65. The second-order valence-corrected chi connectivity index (χ2v) is 6.34. The third-order valence-electron chi connectivity index (χ3n) is 3.66. The largest absolute Gasteiger partial charge is 0.368 e. The van der Waals surface area contributed by atoms with Gasteiger partial charge in [0.05, 0.1) is 6.54 Å². The molecule has 0 unspecified atom stereocenters. The van der Waals surface area contributed by atoms with Gasteiger partial charge in [0, 0.05) is 42.0 Å². The monoisotopic (exact) mass is 411 g/mol. The van der Waals surface area contributed by atoms with Crippen LogP contribution in [0.15, 0.2) is 42.5 Å². The molecule has 30 heavy (non-hydrogen) atoms. The number of amides is 5. The van der Waals surface area contributed by atoms with E-state index in [0.717, 1.165) is 0 Å². The highest BCUT2D eigenvalue weighted by Crippen LogP contribution is 2.21. The van der Waals surface area contributed by atoms with Crippen LogP contribution >= 0.6 is 0 Å². The molecule has 0 aliphatic carbocycles. The molecule has 0 saturated carbocycles. The SMILES string of the molecule is CC(=O)Nc1cc(NC(C)=O)cc(C(=O)Nc2ccc(C(=O)NCC(N)=O)cc2)c1. The maximum Gasteiger partial charge on any atom is 0.255 e. The fourth-order valence-corrected chi connectivity index (χ4v) is 2.49. The molecule has 10 nitrogen and oxygen atoms in total. The Morgan fingerprint density at radius 1 is 0.700 bits per heavy atom. The van der Waals surface area contributed by atoms with E-state index in [2.05, 4.69) is 21.3 Å². The molecule has 0 bridgehead atoms. The molecule has 0 fully saturated rings. The van der Waals surface area contributed by atoms with Crippen LogP contribution in [-0.4, -0.2) is 36.1 Å². The zero-order chi connectivity index (χ0) is 22.3. The summed E-state index contributed by atoms with van der Waals surface area (Å²) in [6.07, 6.45) is 0. The first-order valence-electron chi connectivity index (χ1n) is 8.82. The van der Waals surface area contributed by atoms with Crippen LogP contribution in [0.4, 0.5) is 17.1 Å². The van der Waals surface area contributed by atoms with Crippen molar-refractivity contribution < 1.29 is 24.0 Å².